The first-order valence-electron chi connectivity index (χ1n) is 6.23. The lowest BCUT2D eigenvalue weighted by atomic mass is 10.1. The Morgan fingerprint density at radius 1 is 1.18 bits per heavy atom. The van der Waals surface area contributed by atoms with E-state index in [1.54, 1.807) is 7.11 Å². The maximum atomic E-state index is 5.60. The normalized spacial score (nSPS) is 12.2. The van der Waals surface area contributed by atoms with Crippen LogP contribution in [0, 0.1) is 5.92 Å². The quantitative estimate of drug-likeness (QED) is 0.705. The van der Waals surface area contributed by atoms with Gasteiger partial charge in [0.25, 0.3) is 0 Å². The van der Waals surface area contributed by atoms with E-state index in [0.29, 0.717) is 6.61 Å². The molecule has 0 saturated carbocycles. The molecule has 0 aliphatic carbocycles. The van der Waals surface area contributed by atoms with Gasteiger partial charge in [0.1, 0.15) is 18.1 Å². The van der Waals surface area contributed by atoms with Gasteiger partial charge in [-0.1, -0.05) is 20.3 Å². The summed E-state index contributed by atoms with van der Waals surface area (Å²) in [5, 5.41) is 3.38. The van der Waals surface area contributed by atoms with Gasteiger partial charge in [0.2, 0.25) is 0 Å². The summed E-state index contributed by atoms with van der Waals surface area (Å²) in [7, 11) is 1.66. The minimum absolute atomic E-state index is 0.697. The average molecular weight is 237 g/mol. The van der Waals surface area contributed by atoms with Crippen LogP contribution in [-0.2, 0) is 0 Å². The average Bonchev–Trinajstić information content (AvgIpc) is 2.38. The van der Waals surface area contributed by atoms with Crippen LogP contribution in [0.1, 0.15) is 20.3 Å². The van der Waals surface area contributed by atoms with Gasteiger partial charge in [-0.3, -0.25) is 0 Å². The van der Waals surface area contributed by atoms with Gasteiger partial charge >= 0.3 is 0 Å². The fourth-order valence-corrected chi connectivity index (χ4v) is 1.41. The van der Waals surface area contributed by atoms with Gasteiger partial charge in [0.15, 0.2) is 0 Å². The summed E-state index contributed by atoms with van der Waals surface area (Å²) in [6, 6.07) is 7.66. The zero-order valence-electron chi connectivity index (χ0n) is 11.0. The number of methoxy groups -OCH3 is 1. The second-order valence-electron chi connectivity index (χ2n) is 4.24. The zero-order valence-corrected chi connectivity index (χ0v) is 11.0. The predicted octanol–water partition coefficient (Wildman–Crippen LogP) is 2.71. The molecular weight excluding hydrogens is 214 g/mol. The number of hydrogen-bond acceptors (Lipinski definition) is 3. The Bertz CT molecular complexity index is 298. The minimum Gasteiger partial charge on any atom is -0.497 e. The van der Waals surface area contributed by atoms with E-state index in [1.165, 1.54) is 6.42 Å². The van der Waals surface area contributed by atoms with Crippen LogP contribution in [0.15, 0.2) is 24.3 Å². The summed E-state index contributed by atoms with van der Waals surface area (Å²) in [6.45, 7) is 7.10. The molecule has 0 heterocycles. The molecule has 3 heteroatoms. The molecule has 1 rings (SSSR count). The van der Waals surface area contributed by atoms with Crippen molar-refractivity contribution >= 4 is 0 Å². The minimum atomic E-state index is 0.697. The van der Waals surface area contributed by atoms with Crippen LogP contribution in [0.2, 0.25) is 0 Å². The second-order valence-corrected chi connectivity index (χ2v) is 4.24. The van der Waals surface area contributed by atoms with E-state index < -0.39 is 0 Å². The topological polar surface area (TPSA) is 30.5 Å². The van der Waals surface area contributed by atoms with Crippen LogP contribution >= 0.6 is 0 Å². The van der Waals surface area contributed by atoms with Crippen molar-refractivity contribution in [3.63, 3.8) is 0 Å². The summed E-state index contributed by atoms with van der Waals surface area (Å²) in [5.41, 5.74) is 0. The smallest absolute Gasteiger partial charge is 0.119 e. The van der Waals surface area contributed by atoms with Crippen molar-refractivity contribution in [3.05, 3.63) is 24.3 Å². The Morgan fingerprint density at radius 2 is 1.82 bits per heavy atom. The van der Waals surface area contributed by atoms with Crippen molar-refractivity contribution in [1.29, 1.82) is 0 Å². The van der Waals surface area contributed by atoms with Crippen molar-refractivity contribution in [2.24, 2.45) is 5.92 Å². The maximum Gasteiger partial charge on any atom is 0.119 e. The molecular formula is C14H23NO2. The van der Waals surface area contributed by atoms with E-state index in [-0.39, 0.29) is 0 Å². The molecule has 1 aromatic rings. The monoisotopic (exact) mass is 237 g/mol. The molecule has 1 aromatic carbocycles. The van der Waals surface area contributed by atoms with Gasteiger partial charge in [-0.05, 0) is 36.7 Å². The molecule has 1 atom stereocenters. The summed E-state index contributed by atoms with van der Waals surface area (Å²) in [6.07, 6.45) is 1.21. The van der Waals surface area contributed by atoms with Gasteiger partial charge in [0, 0.05) is 6.54 Å². The van der Waals surface area contributed by atoms with E-state index in [4.69, 9.17) is 9.47 Å². The summed E-state index contributed by atoms with van der Waals surface area (Å²) in [4.78, 5) is 0. The van der Waals surface area contributed by atoms with Crippen LogP contribution in [0.25, 0.3) is 0 Å². The maximum absolute atomic E-state index is 5.60. The molecule has 0 bridgehead atoms. The molecule has 0 aliphatic rings. The standard InChI is InChI=1S/C14H23NO2/c1-4-12(2)11-15-9-10-17-14-7-5-13(16-3)6-8-14/h5-8,12,15H,4,9-11H2,1-3H3. The molecule has 1 N–H and O–H groups in total. The number of ether oxygens (including phenoxy) is 2. The van der Waals surface area contributed by atoms with Crippen LogP contribution in [0.3, 0.4) is 0 Å². The fourth-order valence-electron chi connectivity index (χ4n) is 1.41. The third-order valence-electron chi connectivity index (χ3n) is 2.80. The lowest BCUT2D eigenvalue weighted by Gasteiger charge is -2.11. The van der Waals surface area contributed by atoms with Crippen LogP contribution in [0.4, 0.5) is 0 Å². The van der Waals surface area contributed by atoms with E-state index in [1.807, 2.05) is 24.3 Å². The lowest BCUT2D eigenvalue weighted by Crippen LogP contribution is -2.25. The zero-order chi connectivity index (χ0) is 12.5. The molecule has 0 aliphatic heterocycles. The van der Waals surface area contributed by atoms with Crippen molar-refractivity contribution in [2.75, 3.05) is 26.8 Å². The first-order chi connectivity index (χ1) is 8.26. The number of benzene rings is 1. The highest BCUT2D eigenvalue weighted by atomic mass is 16.5. The molecule has 17 heavy (non-hydrogen) atoms. The van der Waals surface area contributed by atoms with Crippen molar-refractivity contribution < 1.29 is 9.47 Å². The Labute approximate surface area is 104 Å². The first-order valence-corrected chi connectivity index (χ1v) is 6.23. The van der Waals surface area contributed by atoms with Crippen LogP contribution in [-0.4, -0.2) is 26.8 Å². The third kappa shape index (κ3) is 5.59. The highest BCUT2D eigenvalue weighted by Crippen LogP contribution is 2.16. The molecule has 0 spiro atoms. The Morgan fingerprint density at radius 3 is 2.41 bits per heavy atom. The predicted molar refractivity (Wildman–Crippen MR) is 70.8 cm³/mol. The van der Waals surface area contributed by atoms with Gasteiger partial charge < -0.3 is 14.8 Å². The van der Waals surface area contributed by atoms with Gasteiger partial charge in [-0.2, -0.15) is 0 Å². The summed E-state index contributed by atoms with van der Waals surface area (Å²) in [5.74, 6) is 2.47. The van der Waals surface area contributed by atoms with Crippen LogP contribution in [0.5, 0.6) is 11.5 Å². The summed E-state index contributed by atoms with van der Waals surface area (Å²) < 4.78 is 10.7. The Balaban J connectivity index is 2.13. The first kappa shape index (κ1) is 13.8. The highest BCUT2D eigenvalue weighted by molar-refractivity contribution is 5.31. The molecule has 0 fully saturated rings. The van der Waals surface area contributed by atoms with Crippen molar-refractivity contribution in [1.82, 2.24) is 5.32 Å². The molecule has 0 saturated heterocycles. The number of rotatable bonds is 8. The van der Waals surface area contributed by atoms with E-state index >= 15 is 0 Å². The van der Waals surface area contributed by atoms with Crippen LogP contribution < -0.4 is 14.8 Å². The summed E-state index contributed by atoms with van der Waals surface area (Å²) >= 11 is 0. The van der Waals surface area contributed by atoms with E-state index in [2.05, 4.69) is 19.2 Å². The van der Waals surface area contributed by atoms with Gasteiger partial charge in [-0.25, -0.2) is 0 Å². The Kier molecular flexibility index (Phi) is 6.48. The molecule has 0 radical (unpaired) electrons. The molecule has 0 aromatic heterocycles. The fraction of sp³-hybridized carbons (Fsp3) is 0.571. The van der Waals surface area contributed by atoms with E-state index in [9.17, 15) is 0 Å². The van der Waals surface area contributed by atoms with E-state index in [0.717, 1.165) is 30.5 Å². The Hall–Kier alpha value is -1.22. The van der Waals surface area contributed by atoms with Crippen molar-refractivity contribution in [2.45, 2.75) is 20.3 Å². The molecule has 96 valence electrons. The molecule has 0 amide bonds. The van der Waals surface area contributed by atoms with Crippen molar-refractivity contribution in [3.8, 4) is 11.5 Å². The lowest BCUT2D eigenvalue weighted by molar-refractivity contribution is 0.308. The second kappa shape index (κ2) is 7.96. The van der Waals surface area contributed by atoms with Gasteiger partial charge in [0.05, 0.1) is 7.11 Å². The highest BCUT2D eigenvalue weighted by Gasteiger charge is 1.98. The molecule has 1 unspecified atom stereocenters. The van der Waals surface area contributed by atoms with Gasteiger partial charge in [-0.15, -0.1) is 0 Å². The SMILES string of the molecule is CCC(C)CNCCOc1ccc(OC)cc1. The molecule has 3 nitrogen and oxygen atoms in total. The number of hydrogen-bond donors (Lipinski definition) is 1. The third-order valence-corrected chi connectivity index (χ3v) is 2.80. The number of nitrogens with one attached hydrogen (secondary N) is 1. The largest absolute Gasteiger partial charge is 0.497 e.